The molecular formula is C27H19Br2N3O6. The average Bonchev–Trinajstić information content (AvgIpc) is 3.34. The van der Waals surface area contributed by atoms with Gasteiger partial charge in [-0.15, -0.1) is 0 Å². The zero-order valence-electron chi connectivity index (χ0n) is 20.1. The maximum absolute atomic E-state index is 13.5. The van der Waals surface area contributed by atoms with E-state index in [1.54, 1.807) is 30.3 Å². The lowest BCUT2D eigenvalue weighted by Gasteiger charge is -2.12. The second-order valence-electron chi connectivity index (χ2n) is 8.00. The number of hydrogen-bond donors (Lipinski definition) is 0. The molecule has 0 spiro atoms. The van der Waals surface area contributed by atoms with Crippen molar-refractivity contribution >= 4 is 65.9 Å². The van der Waals surface area contributed by atoms with Gasteiger partial charge in [0.25, 0.3) is 5.56 Å². The van der Waals surface area contributed by atoms with Crippen LogP contribution in [0.4, 0.5) is 0 Å². The highest BCUT2D eigenvalue weighted by molar-refractivity contribution is 9.10. The van der Waals surface area contributed by atoms with Crippen LogP contribution in [-0.2, 0) is 9.53 Å². The molecule has 38 heavy (non-hydrogen) atoms. The molecule has 0 saturated carbocycles. The number of rotatable bonds is 7. The number of hydrogen-bond acceptors (Lipinski definition) is 8. The standard InChI is InChI=1S/C27H19Br2N3O6/c1-35-22-11-16(19(29)12-23(22)37-14-25(33)36-2)13-30-32-26(31-20-6-4-3-5-18(20)27(32)34)24-10-15-9-17(28)7-8-21(15)38-24/h3-13H,14H2,1-2H3. The summed E-state index contributed by atoms with van der Waals surface area (Å²) in [6, 6.07) is 17.8. The fourth-order valence-electron chi connectivity index (χ4n) is 3.75. The molecule has 0 amide bonds. The number of methoxy groups -OCH3 is 2. The molecule has 0 unspecified atom stereocenters. The Hall–Kier alpha value is -3.96. The summed E-state index contributed by atoms with van der Waals surface area (Å²) in [6.07, 6.45) is 1.50. The Morgan fingerprint density at radius 1 is 1.08 bits per heavy atom. The number of halogens is 2. The quantitative estimate of drug-likeness (QED) is 0.164. The Morgan fingerprint density at radius 2 is 1.89 bits per heavy atom. The molecule has 0 aliphatic heterocycles. The third-order valence-electron chi connectivity index (χ3n) is 5.62. The first kappa shape index (κ1) is 25.7. The summed E-state index contributed by atoms with van der Waals surface area (Å²) >= 11 is 6.96. The Labute approximate surface area is 232 Å². The Kier molecular flexibility index (Phi) is 7.30. The first-order valence-electron chi connectivity index (χ1n) is 11.2. The fraction of sp³-hybridized carbons (Fsp3) is 0.111. The van der Waals surface area contributed by atoms with Gasteiger partial charge in [0.15, 0.2) is 23.9 Å². The van der Waals surface area contributed by atoms with Crippen LogP contribution in [0.15, 0.2) is 83.9 Å². The van der Waals surface area contributed by atoms with Crippen molar-refractivity contribution in [3.8, 4) is 23.1 Å². The molecule has 0 N–H and O–H groups in total. The van der Waals surface area contributed by atoms with Crippen molar-refractivity contribution in [2.24, 2.45) is 5.10 Å². The van der Waals surface area contributed by atoms with Crippen molar-refractivity contribution in [2.45, 2.75) is 0 Å². The van der Waals surface area contributed by atoms with E-state index in [0.717, 1.165) is 9.86 Å². The molecule has 0 radical (unpaired) electrons. The maximum atomic E-state index is 13.5. The van der Waals surface area contributed by atoms with E-state index in [1.165, 1.54) is 25.1 Å². The first-order valence-corrected chi connectivity index (χ1v) is 12.8. The number of nitrogens with zero attached hydrogens (tertiary/aromatic N) is 3. The van der Waals surface area contributed by atoms with Crippen molar-refractivity contribution in [1.82, 2.24) is 9.66 Å². The Balaban J connectivity index is 1.61. The third-order valence-corrected chi connectivity index (χ3v) is 6.80. The number of benzene rings is 3. The van der Waals surface area contributed by atoms with Crippen LogP contribution in [0.5, 0.6) is 11.5 Å². The molecule has 5 rings (SSSR count). The van der Waals surface area contributed by atoms with E-state index in [2.05, 4.69) is 41.7 Å². The number of esters is 1. The van der Waals surface area contributed by atoms with Crippen LogP contribution >= 0.6 is 31.9 Å². The first-order chi connectivity index (χ1) is 18.4. The summed E-state index contributed by atoms with van der Waals surface area (Å²) in [5.74, 6) is 0.813. The van der Waals surface area contributed by atoms with Gasteiger partial charge in [-0.1, -0.05) is 28.1 Å². The van der Waals surface area contributed by atoms with Crippen LogP contribution in [0.1, 0.15) is 5.56 Å². The lowest BCUT2D eigenvalue weighted by molar-refractivity contribution is -0.142. The van der Waals surface area contributed by atoms with Crippen molar-refractivity contribution < 1.29 is 23.4 Å². The molecule has 0 saturated heterocycles. The summed E-state index contributed by atoms with van der Waals surface area (Å²) in [5.41, 5.74) is 1.41. The number of para-hydroxylation sites is 1. The van der Waals surface area contributed by atoms with Gasteiger partial charge >= 0.3 is 5.97 Å². The van der Waals surface area contributed by atoms with Gasteiger partial charge in [0, 0.05) is 19.9 Å². The largest absolute Gasteiger partial charge is 0.493 e. The highest BCUT2D eigenvalue weighted by Gasteiger charge is 2.17. The van der Waals surface area contributed by atoms with Crippen molar-refractivity contribution in [3.63, 3.8) is 0 Å². The molecule has 0 fully saturated rings. The summed E-state index contributed by atoms with van der Waals surface area (Å²) in [5, 5.41) is 5.75. The van der Waals surface area contributed by atoms with Crippen LogP contribution in [-0.4, -0.2) is 42.7 Å². The zero-order valence-corrected chi connectivity index (χ0v) is 23.3. The van der Waals surface area contributed by atoms with Crippen molar-refractivity contribution in [2.75, 3.05) is 20.8 Å². The fourth-order valence-corrected chi connectivity index (χ4v) is 4.56. The van der Waals surface area contributed by atoms with Gasteiger partial charge in [-0.25, -0.2) is 9.78 Å². The van der Waals surface area contributed by atoms with E-state index in [-0.39, 0.29) is 18.0 Å². The van der Waals surface area contributed by atoms with E-state index in [9.17, 15) is 9.59 Å². The summed E-state index contributed by atoms with van der Waals surface area (Å²) in [6.45, 7) is -0.275. The number of aromatic nitrogens is 2. The minimum absolute atomic E-state index is 0.249. The summed E-state index contributed by atoms with van der Waals surface area (Å²) < 4.78 is 24.3. The van der Waals surface area contributed by atoms with Crippen LogP contribution in [0.2, 0.25) is 0 Å². The number of carbonyl (C=O) groups is 1. The molecule has 9 nitrogen and oxygen atoms in total. The predicted octanol–water partition coefficient (Wildman–Crippen LogP) is 5.78. The second-order valence-corrected chi connectivity index (χ2v) is 9.77. The lowest BCUT2D eigenvalue weighted by atomic mass is 10.2. The van der Waals surface area contributed by atoms with Gasteiger partial charge in [-0.05, 0) is 64.5 Å². The molecule has 5 aromatic rings. The molecule has 2 heterocycles. The van der Waals surface area contributed by atoms with E-state index in [4.69, 9.17) is 18.9 Å². The third kappa shape index (κ3) is 5.07. The number of ether oxygens (including phenoxy) is 3. The number of carbonyl (C=O) groups excluding carboxylic acids is 1. The Bertz CT molecular complexity index is 1780. The summed E-state index contributed by atoms with van der Waals surface area (Å²) in [7, 11) is 2.76. The number of fused-ring (bicyclic) bond motifs is 2. The molecule has 0 atom stereocenters. The van der Waals surface area contributed by atoms with E-state index >= 15 is 0 Å². The number of furan rings is 1. The topological polar surface area (TPSA) is 105 Å². The van der Waals surface area contributed by atoms with Crippen LogP contribution in [0, 0.1) is 0 Å². The molecule has 0 aliphatic carbocycles. The molecule has 11 heteroatoms. The molecule has 3 aromatic carbocycles. The zero-order chi connectivity index (χ0) is 26.8. The van der Waals surface area contributed by atoms with Crippen LogP contribution in [0.25, 0.3) is 33.5 Å². The van der Waals surface area contributed by atoms with E-state index in [1.807, 2.05) is 30.3 Å². The molecule has 192 valence electrons. The van der Waals surface area contributed by atoms with Gasteiger partial charge in [0.1, 0.15) is 5.58 Å². The molecule has 0 bridgehead atoms. The molecular weight excluding hydrogens is 622 g/mol. The minimum atomic E-state index is -0.525. The highest BCUT2D eigenvalue weighted by Crippen LogP contribution is 2.33. The van der Waals surface area contributed by atoms with Crippen LogP contribution < -0.4 is 15.0 Å². The predicted molar refractivity (Wildman–Crippen MR) is 150 cm³/mol. The minimum Gasteiger partial charge on any atom is -0.493 e. The SMILES string of the molecule is COC(=O)COc1cc(Br)c(C=Nn2c(-c3cc4cc(Br)ccc4o3)nc3ccccc3c2=O)cc1OC. The van der Waals surface area contributed by atoms with Crippen LogP contribution in [0.3, 0.4) is 0 Å². The van der Waals surface area contributed by atoms with Gasteiger partial charge in [-0.3, -0.25) is 4.79 Å². The molecule has 2 aromatic heterocycles. The normalized spacial score (nSPS) is 11.4. The van der Waals surface area contributed by atoms with Gasteiger partial charge < -0.3 is 18.6 Å². The van der Waals surface area contributed by atoms with Crippen molar-refractivity contribution in [3.05, 3.63) is 85.5 Å². The molecule has 0 aliphatic rings. The van der Waals surface area contributed by atoms with Gasteiger partial charge in [0.2, 0.25) is 5.82 Å². The highest BCUT2D eigenvalue weighted by atomic mass is 79.9. The average molecular weight is 641 g/mol. The Morgan fingerprint density at radius 3 is 2.68 bits per heavy atom. The van der Waals surface area contributed by atoms with Gasteiger partial charge in [-0.2, -0.15) is 9.78 Å². The lowest BCUT2D eigenvalue weighted by Crippen LogP contribution is -2.20. The van der Waals surface area contributed by atoms with Crippen molar-refractivity contribution in [1.29, 1.82) is 0 Å². The maximum Gasteiger partial charge on any atom is 0.343 e. The van der Waals surface area contributed by atoms with E-state index < -0.39 is 5.97 Å². The second kappa shape index (κ2) is 10.8. The summed E-state index contributed by atoms with van der Waals surface area (Å²) in [4.78, 5) is 29.7. The smallest absolute Gasteiger partial charge is 0.343 e. The van der Waals surface area contributed by atoms with E-state index in [0.29, 0.717) is 43.8 Å². The van der Waals surface area contributed by atoms with Gasteiger partial charge in [0.05, 0.1) is 31.3 Å². The monoisotopic (exact) mass is 639 g/mol.